The molecule has 3 aliphatic carbocycles. The molecule has 4 rings (SSSR count). The molecule has 4 aliphatic rings. The van der Waals surface area contributed by atoms with Crippen LogP contribution in [-0.2, 0) is 18.9 Å². The summed E-state index contributed by atoms with van der Waals surface area (Å²) in [7, 11) is -0.533. The van der Waals surface area contributed by atoms with E-state index >= 15 is 0 Å². The number of guanidine groups is 1. The summed E-state index contributed by atoms with van der Waals surface area (Å²) < 4.78 is 13.2. The molecule has 0 radical (unpaired) electrons. The van der Waals surface area contributed by atoms with E-state index in [2.05, 4.69) is 51.9 Å². The molecule has 1 saturated heterocycles. The zero-order valence-electron chi connectivity index (χ0n) is 26.7. The van der Waals surface area contributed by atoms with Gasteiger partial charge in [-0.15, -0.1) is 0 Å². The molecule has 3 saturated carbocycles. The molecule has 0 aromatic heterocycles. The second kappa shape index (κ2) is 15.0. The van der Waals surface area contributed by atoms with Gasteiger partial charge in [0.15, 0.2) is 5.03 Å². The monoisotopic (exact) mass is 591 g/mol. The van der Waals surface area contributed by atoms with Gasteiger partial charge >= 0.3 is 7.12 Å². The Morgan fingerprint density at radius 1 is 1.14 bits per heavy atom. The fraction of sp³-hybridized carbons (Fsp3) is 0.900. The Hall–Kier alpha value is -2.21. The fourth-order valence-electron chi connectivity index (χ4n) is 7.41. The van der Waals surface area contributed by atoms with Crippen LogP contribution >= 0.6 is 0 Å². The molecule has 1 aliphatic heterocycles. The number of nitrogens with zero attached hydrogens (tertiary/aromatic N) is 2. The van der Waals surface area contributed by atoms with Gasteiger partial charge in [-0.2, -0.15) is 0 Å². The number of hydrogen-bond donors (Lipinski definition) is 3. The van der Waals surface area contributed by atoms with Crippen LogP contribution in [0.2, 0.25) is 0 Å². The van der Waals surface area contributed by atoms with Gasteiger partial charge in [-0.25, -0.2) is 15.1 Å². The van der Waals surface area contributed by atoms with Crippen molar-refractivity contribution >= 4 is 24.8 Å². The summed E-state index contributed by atoms with van der Waals surface area (Å²) in [6.45, 7) is 13.4. The SMILES string of the molecule is CCCCCCCC(=O)C[C@@H](CCCN=C(N)N[N+](=O)[O-])C(=O)N[C@@H](CC(C)C)B1O[C@@H]2C[C@@H]3C[C@@H](C3(C)C)[C@]2(C)O1. The van der Waals surface area contributed by atoms with Crippen LogP contribution in [0.15, 0.2) is 4.99 Å². The highest BCUT2D eigenvalue weighted by molar-refractivity contribution is 6.47. The van der Waals surface area contributed by atoms with Crippen LogP contribution in [-0.4, -0.2) is 54.0 Å². The maximum atomic E-state index is 13.7. The Bertz CT molecular complexity index is 978. The molecular weight excluding hydrogens is 537 g/mol. The van der Waals surface area contributed by atoms with Crippen molar-refractivity contribution in [2.45, 2.75) is 136 Å². The maximum absolute atomic E-state index is 13.7. The maximum Gasteiger partial charge on any atom is 0.481 e. The molecule has 11 nitrogen and oxygen atoms in total. The van der Waals surface area contributed by atoms with E-state index in [9.17, 15) is 19.7 Å². The minimum Gasteiger partial charge on any atom is -0.404 e. The standard InChI is InChI=1S/C30H54BN5O6/c1-7-8-9-10-11-14-23(37)17-21(13-12-15-33-28(32)35-36(39)40)27(38)34-26(16-20(2)3)31-41-25-19-22-18-24(29(22,4)5)30(25,6)42-31/h20-22,24-26H,7-19H2,1-6H3,(H,34,38)(H3,32,33,35)/t21-,22+,24+,25-,26+,30+/m1/s1. The number of carbonyl (C=O) groups is 2. The van der Waals surface area contributed by atoms with Crippen LogP contribution < -0.4 is 16.5 Å². The molecule has 1 amide bonds. The van der Waals surface area contributed by atoms with Gasteiger partial charge in [0.05, 0.1) is 17.6 Å². The van der Waals surface area contributed by atoms with Gasteiger partial charge in [0.2, 0.25) is 5.91 Å². The highest BCUT2D eigenvalue weighted by atomic mass is 16.7. The summed E-state index contributed by atoms with van der Waals surface area (Å²) in [4.78, 5) is 41.2. The van der Waals surface area contributed by atoms with Crippen molar-refractivity contribution in [1.82, 2.24) is 10.7 Å². The number of ketones is 1. The highest BCUT2D eigenvalue weighted by Gasteiger charge is 2.68. The van der Waals surface area contributed by atoms with E-state index in [1.807, 2.05) is 5.43 Å². The van der Waals surface area contributed by atoms with Gasteiger partial charge in [-0.3, -0.25) is 9.59 Å². The van der Waals surface area contributed by atoms with Crippen LogP contribution in [0.5, 0.6) is 0 Å². The second-order valence-electron chi connectivity index (χ2n) is 14.0. The predicted molar refractivity (Wildman–Crippen MR) is 164 cm³/mol. The molecule has 0 unspecified atom stereocenters. The van der Waals surface area contributed by atoms with Crippen LogP contribution in [0, 0.1) is 39.2 Å². The lowest BCUT2D eigenvalue weighted by atomic mass is 9.43. The quantitative estimate of drug-likeness (QED) is 0.0521. The first-order valence-electron chi connectivity index (χ1n) is 16.1. The topological polar surface area (TPSA) is 158 Å². The number of hydrazine groups is 1. The van der Waals surface area contributed by atoms with E-state index in [-0.39, 0.29) is 53.7 Å². The predicted octanol–water partition coefficient (Wildman–Crippen LogP) is 4.60. The Labute approximate surface area is 252 Å². The third-order valence-corrected chi connectivity index (χ3v) is 9.95. The van der Waals surface area contributed by atoms with Crippen molar-refractivity contribution < 1.29 is 23.9 Å². The fourth-order valence-corrected chi connectivity index (χ4v) is 7.41. The average molecular weight is 592 g/mol. The van der Waals surface area contributed by atoms with Gasteiger partial charge in [0.25, 0.3) is 5.96 Å². The van der Waals surface area contributed by atoms with Gasteiger partial charge < -0.3 is 20.4 Å². The van der Waals surface area contributed by atoms with Gasteiger partial charge in [0, 0.05) is 25.3 Å². The van der Waals surface area contributed by atoms with Gasteiger partial charge in [-0.1, -0.05) is 65.7 Å². The van der Waals surface area contributed by atoms with Gasteiger partial charge in [0.1, 0.15) is 5.78 Å². The molecule has 238 valence electrons. The van der Waals surface area contributed by atoms with Crippen molar-refractivity contribution in [1.29, 1.82) is 0 Å². The molecule has 12 heteroatoms. The lowest BCUT2D eigenvalue weighted by Gasteiger charge is -2.64. The van der Waals surface area contributed by atoms with Crippen molar-refractivity contribution in [3.05, 3.63) is 10.1 Å². The zero-order valence-corrected chi connectivity index (χ0v) is 26.7. The first-order chi connectivity index (χ1) is 19.8. The normalized spacial score (nSPS) is 27.6. The number of rotatable bonds is 18. The van der Waals surface area contributed by atoms with Crippen molar-refractivity contribution in [2.75, 3.05) is 6.54 Å². The molecule has 42 heavy (non-hydrogen) atoms. The number of nitrogens with two attached hydrogens (primary N) is 1. The van der Waals surface area contributed by atoms with E-state index in [1.165, 1.54) is 0 Å². The largest absolute Gasteiger partial charge is 0.481 e. The number of unbranched alkanes of at least 4 members (excludes halogenated alkanes) is 4. The molecule has 2 bridgehead atoms. The third-order valence-electron chi connectivity index (χ3n) is 9.95. The van der Waals surface area contributed by atoms with Crippen molar-refractivity contribution in [3.63, 3.8) is 0 Å². The van der Waals surface area contributed by atoms with Crippen molar-refractivity contribution in [3.8, 4) is 0 Å². The molecule has 6 atom stereocenters. The van der Waals surface area contributed by atoms with E-state index in [0.29, 0.717) is 43.4 Å². The van der Waals surface area contributed by atoms with Crippen LogP contribution in [0.1, 0.15) is 119 Å². The summed E-state index contributed by atoms with van der Waals surface area (Å²) >= 11 is 0. The number of nitro groups is 1. The molecule has 0 aromatic rings. The number of hydrogen-bond acceptors (Lipinski definition) is 7. The molecule has 4 N–H and O–H groups in total. The Morgan fingerprint density at radius 3 is 2.50 bits per heavy atom. The molecule has 0 spiro atoms. The highest BCUT2D eigenvalue weighted by Crippen LogP contribution is 2.65. The van der Waals surface area contributed by atoms with E-state index in [0.717, 1.165) is 44.9 Å². The van der Waals surface area contributed by atoms with E-state index in [1.54, 1.807) is 0 Å². The molecule has 0 aromatic carbocycles. The first-order valence-corrected chi connectivity index (χ1v) is 16.1. The zero-order chi connectivity index (χ0) is 31.1. The number of amides is 1. The number of carbonyl (C=O) groups excluding carboxylic acids is 2. The smallest absolute Gasteiger partial charge is 0.404 e. The summed E-state index contributed by atoms with van der Waals surface area (Å²) in [6.07, 6.45) is 9.62. The molecular formula is C30H54BN5O6. The summed E-state index contributed by atoms with van der Waals surface area (Å²) in [5.74, 6) is 0.116. The van der Waals surface area contributed by atoms with Crippen LogP contribution in [0.3, 0.4) is 0 Å². The number of nitrogens with one attached hydrogen (secondary N) is 2. The Morgan fingerprint density at radius 2 is 1.86 bits per heavy atom. The summed E-state index contributed by atoms with van der Waals surface area (Å²) in [5.41, 5.74) is 7.21. The average Bonchev–Trinajstić information content (AvgIpc) is 3.26. The lowest BCUT2D eigenvalue weighted by molar-refractivity contribution is -0.525. The second-order valence-corrected chi connectivity index (χ2v) is 14.0. The minimum absolute atomic E-state index is 0.0204. The van der Waals surface area contributed by atoms with Crippen LogP contribution in [0.25, 0.3) is 0 Å². The number of Topliss-reactive ketones (excluding diaryl/α,β-unsaturated/α-hetero) is 1. The lowest BCUT2D eigenvalue weighted by Crippen LogP contribution is -2.65. The van der Waals surface area contributed by atoms with E-state index in [4.69, 9.17) is 15.0 Å². The minimum atomic E-state index is -0.767. The molecule has 4 fully saturated rings. The van der Waals surface area contributed by atoms with Gasteiger partial charge in [-0.05, 0) is 68.6 Å². The first kappa shape index (κ1) is 34.3. The summed E-state index contributed by atoms with van der Waals surface area (Å²) in [6, 6.07) is 0. The Balaban J connectivity index is 1.66. The third kappa shape index (κ3) is 8.68. The molecule has 1 heterocycles. The van der Waals surface area contributed by atoms with Crippen molar-refractivity contribution in [2.24, 2.45) is 39.8 Å². The summed E-state index contributed by atoms with van der Waals surface area (Å²) in [5, 5.41) is 13.0. The van der Waals surface area contributed by atoms with Crippen LogP contribution in [0.4, 0.5) is 0 Å². The van der Waals surface area contributed by atoms with E-state index < -0.39 is 18.1 Å². The number of aliphatic imine (C=N–C) groups is 1. The Kier molecular flexibility index (Phi) is 12.2.